The molecule has 0 radical (unpaired) electrons. The van der Waals surface area contributed by atoms with E-state index in [0.717, 1.165) is 155 Å². The average molecular weight is 1280 g/mol. The van der Waals surface area contributed by atoms with Gasteiger partial charge in [-0.25, -0.2) is 0 Å². The second-order valence-electron chi connectivity index (χ2n) is 27.2. The van der Waals surface area contributed by atoms with Crippen LogP contribution >= 0.6 is 0 Å². The summed E-state index contributed by atoms with van der Waals surface area (Å²) < 4.78 is 19.5. The zero-order valence-electron chi connectivity index (χ0n) is 55.5. The maximum absolute atomic E-state index is 7.12. The molecule has 0 bridgehead atoms. The van der Waals surface area contributed by atoms with Gasteiger partial charge in [0.15, 0.2) is 11.2 Å². The second-order valence-corrected chi connectivity index (χ2v) is 27.2. The van der Waals surface area contributed by atoms with Crippen molar-refractivity contribution in [3.05, 3.63) is 326 Å². The molecule has 470 valence electrons. The van der Waals surface area contributed by atoms with Crippen LogP contribution in [0.3, 0.4) is 0 Å². The zero-order chi connectivity index (χ0) is 66.2. The molecule has 100 heavy (non-hydrogen) atoms. The fraction of sp³-hybridized carbons (Fsp3) is 0.0426. The molecule has 0 aliphatic rings. The Hall–Kier alpha value is -12.9. The number of aryl methyl sites for hydroxylation is 4. The molecule has 0 saturated heterocycles. The van der Waals surface area contributed by atoms with E-state index in [1.807, 2.05) is 0 Å². The molecule has 15 aromatic carbocycles. The first-order valence-corrected chi connectivity index (χ1v) is 34.6. The van der Waals surface area contributed by atoms with Gasteiger partial charge in [-0.15, -0.1) is 0 Å². The second kappa shape index (κ2) is 21.3. The number of aromatic nitrogens is 2. The Morgan fingerprint density at radius 3 is 0.990 bits per heavy atom. The molecule has 6 heterocycles. The van der Waals surface area contributed by atoms with Crippen molar-refractivity contribution in [3.8, 4) is 44.5 Å². The Labute approximate surface area is 575 Å². The third-order valence-electron chi connectivity index (χ3n) is 21.6. The molecule has 0 amide bonds. The first-order chi connectivity index (χ1) is 49.3. The lowest BCUT2D eigenvalue weighted by molar-refractivity contribution is 0.668. The number of anilines is 6. The summed E-state index contributed by atoms with van der Waals surface area (Å²) in [6, 6.07) is 112. The molecule has 6 nitrogen and oxygen atoms in total. The van der Waals surface area contributed by atoms with Crippen molar-refractivity contribution < 1.29 is 8.83 Å². The molecular weight excluding hydrogens is 1220 g/mol. The molecular formula is C94H62N4O2. The fourth-order valence-electron chi connectivity index (χ4n) is 17.3. The summed E-state index contributed by atoms with van der Waals surface area (Å²) in [6.45, 7) is 8.96. The Morgan fingerprint density at radius 2 is 0.580 bits per heavy atom. The molecule has 0 saturated carbocycles. The van der Waals surface area contributed by atoms with Gasteiger partial charge in [0.1, 0.15) is 11.2 Å². The summed E-state index contributed by atoms with van der Waals surface area (Å²) in [5.41, 5.74) is 30.6. The van der Waals surface area contributed by atoms with Gasteiger partial charge in [-0.05, 0) is 132 Å². The molecule has 0 spiro atoms. The number of fused-ring (bicyclic) bond motifs is 18. The highest BCUT2D eigenvalue weighted by Gasteiger charge is 2.35. The molecule has 21 rings (SSSR count). The average Bonchev–Trinajstić information content (AvgIpc) is 1.49. The number of hydrogen-bond donors (Lipinski definition) is 0. The van der Waals surface area contributed by atoms with Gasteiger partial charge >= 0.3 is 0 Å². The van der Waals surface area contributed by atoms with Crippen LogP contribution < -0.4 is 9.80 Å². The predicted molar refractivity (Wildman–Crippen MR) is 420 cm³/mol. The Morgan fingerprint density at radius 1 is 0.240 bits per heavy atom. The highest BCUT2D eigenvalue weighted by Crippen LogP contribution is 2.58. The Kier molecular flexibility index (Phi) is 12.0. The minimum Gasteiger partial charge on any atom is -0.454 e. The summed E-state index contributed by atoms with van der Waals surface area (Å²) in [4.78, 5) is 5.04. The summed E-state index contributed by atoms with van der Waals surface area (Å²) in [5, 5.41) is 13.8. The fourth-order valence-corrected chi connectivity index (χ4v) is 17.3. The van der Waals surface area contributed by atoms with Crippen molar-refractivity contribution in [1.82, 2.24) is 8.80 Å². The van der Waals surface area contributed by atoms with Crippen LogP contribution in [0.5, 0.6) is 0 Å². The van der Waals surface area contributed by atoms with E-state index >= 15 is 0 Å². The quantitative estimate of drug-likeness (QED) is 0.137. The van der Waals surface area contributed by atoms with Crippen LogP contribution in [0.1, 0.15) is 22.3 Å². The van der Waals surface area contributed by atoms with E-state index in [1.165, 1.54) is 65.5 Å². The van der Waals surface area contributed by atoms with Crippen LogP contribution in [-0.2, 0) is 0 Å². The largest absolute Gasteiger partial charge is 0.454 e. The minimum absolute atomic E-state index is 0.857. The molecule has 0 unspecified atom stereocenters. The van der Waals surface area contributed by atoms with E-state index < -0.39 is 0 Å². The molecule has 0 fully saturated rings. The van der Waals surface area contributed by atoms with E-state index in [2.05, 4.69) is 350 Å². The van der Waals surface area contributed by atoms with E-state index in [1.54, 1.807) is 0 Å². The van der Waals surface area contributed by atoms with Crippen molar-refractivity contribution in [3.63, 3.8) is 0 Å². The normalized spacial score (nSPS) is 12.2. The number of rotatable bonds is 10. The van der Waals surface area contributed by atoms with Crippen LogP contribution in [0.4, 0.5) is 34.1 Å². The summed E-state index contributed by atoms with van der Waals surface area (Å²) in [5.74, 6) is 0. The molecule has 6 heteroatoms. The number of furan rings is 2. The van der Waals surface area contributed by atoms with E-state index in [9.17, 15) is 0 Å². The number of hydrogen-bond acceptors (Lipinski definition) is 4. The smallest absolute Gasteiger partial charge is 0.159 e. The van der Waals surface area contributed by atoms with Gasteiger partial charge in [-0.1, -0.05) is 255 Å². The number of nitrogens with zero attached hydrogens (tertiary/aromatic N) is 4. The van der Waals surface area contributed by atoms with Crippen LogP contribution in [0.25, 0.3) is 165 Å². The van der Waals surface area contributed by atoms with Gasteiger partial charge in [0.2, 0.25) is 0 Å². The molecule has 0 N–H and O–H groups in total. The molecule has 0 aliphatic heterocycles. The molecule has 6 aromatic heterocycles. The van der Waals surface area contributed by atoms with Gasteiger partial charge in [0.05, 0.1) is 55.8 Å². The van der Waals surface area contributed by atoms with Gasteiger partial charge < -0.3 is 27.4 Å². The first-order valence-electron chi connectivity index (χ1n) is 34.6. The van der Waals surface area contributed by atoms with Crippen LogP contribution in [0.15, 0.2) is 312 Å². The highest BCUT2D eigenvalue weighted by molar-refractivity contribution is 6.39. The standard InChI is InChI=1S/C94H62N4O2/c1-55-45-49-63(59-25-9-5-10-26-59)53-77(55)95(87-57(3)47-51-67-65-33-17-19-43-79(65)99-93(67)87)73-39-23-41-75-83(73)69-35-21-37-71-85-82(62-31-15-8-16-32-62)92-86(81(61-29-13-7-14-30-61)91(85)97(75)89(69)71)72-38-22-36-70-84-74(40-24-42-76(84)98(92)90(70)72)96(78-54-64(50-46-56(78)2)60-27-11-6-12-28-60)88-58(4)48-52-68-66-34-18-20-44-80(66)100-94(68)88/h5-54H,1-4H3. The zero-order valence-corrected chi connectivity index (χ0v) is 55.5. The van der Waals surface area contributed by atoms with Gasteiger partial charge in [0, 0.05) is 87.1 Å². The topological polar surface area (TPSA) is 41.6 Å². The van der Waals surface area contributed by atoms with Crippen molar-refractivity contribution >= 4 is 154 Å². The first kappa shape index (κ1) is 56.3. The van der Waals surface area contributed by atoms with Gasteiger partial charge in [-0.3, -0.25) is 0 Å². The van der Waals surface area contributed by atoms with Crippen molar-refractivity contribution in [2.45, 2.75) is 27.7 Å². The third-order valence-corrected chi connectivity index (χ3v) is 21.6. The predicted octanol–water partition coefficient (Wildman–Crippen LogP) is 26.6. The lowest BCUT2D eigenvalue weighted by atomic mass is 9.89. The number of para-hydroxylation sites is 4. The lowest BCUT2D eigenvalue weighted by Gasteiger charge is -2.30. The van der Waals surface area contributed by atoms with E-state index in [0.29, 0.717) is 0 Å². The maximum atomic E-state index is 7.12. The summed E-state index contributed by atoms with van der Waals surface area (Å²) in [7, 11) is 0. The molecule has 21 aromatic rings. The summed E-state index contributed by atoms with van der Waals surface area (Å²) in [6.07, 6.45) is 0. The van der Waals surface area contributed by atoms with Crippen LogP contribution in [0.2, 0.25) is 0 Å². The van der Waals surface area contributed by atoms with Gasteiger partial charge in [-0.2, -0.15) is 0 Å². The number of benzene rings is 15. The molecule has 0 atom stereocenters. The van der Waals surface area contributed by atoms with E-state index in [-0.39, 0.29) is 0 Å². The Balaban J connectivity index is 0.904. The monoisotopic (exact) mass is 1280 g/mol. The van der Waals surface area contributed by atoms with Crippen molar-refractivity contribution in [2.24, 2.45) is 0 Å². The van der Waals surface area contributed by atoms with Crippen molar-refractivity contribution in [2.75, 3.05) is 9.80 Å². The van der Waals surface area contributed by atoms with Crippen LogP contribution in [-0.4, -0.2) is 8.80 Å². The third kappa shape index (κ3) is 7.84. The highest BCUT2D eigenvalue weighted by atomic mass is 16.3. The summed E-state index contributed by atoms with van der Waals surface area (Å²) >= 11 is 0. The maximum Gasteiger partial charge on any atom is 0.159 e. The van der Waals surface area contributed by atoms with Crippen LogP contribution in [0, 0.1) is 27.7 Å². The lowest BCUT2D eigenvalue weighted by Crippen LogP contribution is -2.13. The van der Waals surface area contributed by atoms with E-state index in [4.69, 9.17) is 8.83 Å². The minimum atomic E-state index is 0.857. The van der Waals surface area contributed by atoms with Crippen molar-refractivity contribution in [1.29, 1.82) is 0 Å². The Bertz CT molecular complexity index is 6520. The van der Waals surface area contributed by atoms with Gasteiger partial charge in [0.25, 0.3) is 0 Å². The SMILES string of the molecule is Cc1ccc(-c2ccccc2)cc1N(c1c(C)ccc2c1oc1ccccc12)c1cccc2c1c1cccc3c4c(-c5ccccc5)c5c(c(-c6ccccc6)c4n2c13)c1cccc2c3c(N(c4cc(-c6ccccc6)ccc4C)c4c(C)ccc6c4oc4ccccc46)cccc3n5c21. The molecule has 0 aliphatic carbocycles.